The first-order valence-electron chi connectivity index (χ1n) is 5.93. The van der Waals surface area contributed by atoms with Crippen LogP contribution in [0.5, 0.6) is 0 Å². The summed E-state index contributed by atoms with van der Waals surface area (Å²) in [5.74, 6) is 0.166. The minimum atomic E-state index is -1.14. The number of aromatic nitrogens is 1. The molecule has 96 valence electrons. The molecule has 2 heterocycles. The molecule has 0 unspecified atom stereocenters. The summed E-state index contributed by atoms with van der Waals surface area (Å²) in [5.41, 5.74) is -0.581. The number of rotatable bonds is 2. The monoisotopic (exact) mass is 269 g/mol. The normalized spacial score (nSPS) is 21.3. The molecule has 1 N–H and O–H groups in total. The number of likely N-dealkylation sites (tertiary alicyclic amines) is 1. The van der Waals surface area contributed by atoms with E-state index in [-0.39, 0.29) is 25.0 Å². The van der Waals surface area contributed by atoms with E-state index in [9.17, 15) is 9.18 Å². The second kappa shape index (κ2) is 4.09. The van der Waals surface area contributed by atoms with E-state index in [0.717, 1.165) is 12.8 Å². The van der Waals surface area contributed by atoms with Gasteiger partial charge in [-0.1, -0.05) is 11.6 Å². The molecule has 4 nitrogen and oxygen atoms in total. The Labute approximate surface area is 109 Å². The first kappa shape index (κ1) is 11.7. The van der Waals surface area contributed by atoms with E-state index in [0.29, 0.717) is 10.8 Å². The second-order valence-electron chi connectivity index (χ2n) is 4.96. The Balaban J connectivity index is 1.55. The lowest BCUT2D eigenvalue weighted by atomic mass is 9.91. The number of urea groups is 1. The highest BCUT2D eigenvalue weighted by Crippen LogP contribution is 2.47. The molecule has 3 rings (SSSR count). The smallest absolute Gasteiger partial charge is 0.318 e. The highest BCUT2D eigenvalue weighted by molar-refractivity contribution is 6.29. The Morgan fingerprint density at radius 2 is 2.22 bits per heavy atom. The first-order valence-corrected chi connectivity index (χ1v) is 6.31. The van der Waals surface area contributed by atoms with Crippen molar-refractivity contribution in [3.8, 4) is 0 Å². The molecule has 1 aromatic rings. The fourth-order valence-corrected chi connectivity index (χ4v) is 2.35. The molecule has 1 saturated carbocycles. The molecule has 6 heteroatoms. The Morgan fingerprint density at radius 3 is 2.78 bits per heavy atom. The minimum Gasteiger partial charge on any atom is -0.318 e. The number of hydrogen-bond donors (Lipinski definition) is 1. The van der Waals surface area contributed by atoms with Gasteiger partial charge in [-0.3, -0.25) is 0 Å². The maximum atomic E-state index is 14.0. The van der Waals surface area contributed by atoms with E-state index < -0.39 is 5.67 Å². The largest absolute Gasteiger partial charge is 0.322 e. The number of nitrogens with zero attached hydrogens (tertiary/aromatic N) is 2. The van der Waals surface area contributed by atoms with Crippen LogP contribution in [-0.4, -0.2) is 34.7 Å². The Morgan fingerprint density at radius 1 is 1.50 bits per heavy atom. The van der Waals surface area contributed by atoms with E-state index in [2.05, 4.69) is 10.3 Å². The Bertz CT molecular complexity index is 469. The van der Waals surface area contributed by atoms with Crippen molar-refractivity contribution >= 4 is 23.3 Å². The summed E-state index contributed by atoms with van der Waals surface area (Å²) in [6.45, 7) is 0.398. The summed E-state index contributed by atoms with van der Waals surface area (Å²) in [6.07, 6.45) is 3.38. The summed E-state index contributed by atoms with van der Waals surface area (Å²) >= 11 is 5.64. The number of carbonyl (C=O) groups is 1. The highest BCUT2D eigenvalue weighted by Gasteiger charge is 2.55. The summed E-state index contributed by atoms with van der Waals surface area (Å²) < 4.78 is 14.0. The van der Waals surface area contributed by atoms with Crippen LogP contribution in [0.1, 0.15) is 12.8 Å². The van der Waals surface area contributed by atoms with Crippen LogP contribution in [0.25, 0.3) is 0 Å². The third kappa shape index (κ3) is 2.14. The van der Waals surface area contributed by atoms with Gasteiger partial charge < -0.3 is 10.2 Å². The van der Waals surface area contributed by atoms with Gasteiger partial charge in [-0.2, -0.15) is 0 Å². The third-order valence-corrected chi connectivity index (χ3v) is 3.71. The molecule has 2 amide bonds. The molecular formula is C12H13ClFN3O. The molecule has 1 aromatic heterocycles. The number of nitrogens with one attached hydrogen (secondary N) is 1. The summed E-state index contributed by atoms with van der Waals surface area (Å²) in [5, 5.41) is 3.04. The van der Waals surface area contributed by atoms with Crippen LogP contribution in [0.4, 0.5) is 14.9 Å². The van der Waals surface area contributed by atoms with Gasteiger partial charge in [-0.25, -0.2) is 14.2 Å². The second-order valence-corrected chi connectivity index (χ2v) is 5.35. The van der Waals surface area contributed by atoms with Crippen LogP contribution in [0.15, 0.2) is 18.3 Å². The predicted molar refractivity (Wildman–Crippen MR) is 66.4 cm³/mol. The Kier molecular flexibility index (Phi) is 2.66. The van der Waals surface area contributed by atoms with Crippen molar-refractivity contribution in [1.29, 1.82) is 0 Å². The zero-order chi connectivity index (χ0) is 12.8. The fraction of sp³-hybridized carbons (Fsp3) is 0.500. The lowest BCUT2D eigenvalue weighted by Gasteiger charge is -2.44. The topological polar surface area (TPSA) is 45.2 Å². The number of pyridine rings is 1. The number of carbonyl (C=O) groups excluding carboxylic acids is 1. The van der Waals surface area contributed by atoms with Crippen LogP contribution in [0, 0.1) is 5.92 Å². The fourth-order valence-electron chi connectivity index (χ4n) is 2.24. The van der Waals surface area contributed by atoms with E-state index in [1.165, 1.54) is 11.1 Å². The van der Waals surface area contributed by atoms with E-state index in [1.807, 2.05) is 0 Å². The molecule has 0 aromatic carbocycles. The van der Waals surface area contributed by atoms with Gasteiger partial charge >= 0.3 is 6.03 Å². The average Bonchev–Trinajstić information content (AvgIpc) is 3.12. The lowest BCUT2D eigenvalue weighted by molar-refractivity contribution is -0.0191. The van der Waals surface area contributed by atoms with Crippen LogP contribution in [-0.2, 0) is 0 Å². The number of anilines is 1. The van der Waals surface area contributed by atoms with E-state index >= 15 is 0 Å². The molecule has 0 bridgehead atoms. The maximum absolute atomic E-state index is 14.0. The number of amides is 2. The molecule has 2 aliphatic rings. The zero-order valence-electron chi connectivity index (χ0n) is 9.70. The first-order chi connectivity index (χ1) is 8.57. The zero-order valence-corrected chi connectivity index (χ0v) is 10.5. The minimum absolute atomic E-state index is 0.166. The van der Waals surface area contributed by atoms with Gasteiger partial charge in [0.1, 0.15) is 10.8 Å². The number of hydrogen-bond acceptors (Lipinski definition) is 2. The number of alkyl halides is 1. The van der Waals surface area contributed by atoms with Crippen molar-refractivity contribution in [2.24, 2.45) is 5.92 Å². The maximum Gasteiger partial charge on any atom is 0.322 e. The molecular weight excluding hydrogens is 257 g/mol. The van der Waals surface area contributed by atoms with Gasteiger partial charge in [0.05, 0.1) is 25.0 Å². The van der Waals surface area contributed by atoms with Gasteiger partial charge in [0, 0.05) is 0 Å². The van der Waals surface area contributed by atoms with Gasteiger partial charge in [0.25, 0.3) is 0 Å². The molecule has 0 spiro atoms. The molecule has 0 atom stereocenters. The van der Waals surface area contributed by atoms with Crippen molar-refractivity contribution < 1.29 is 9.18 Å². The lowest BCUT2D eigenvalue weighted by Crippen LogP contribution is -2.63. The quantitative estimate of drug-likeness (QED) is 0.839. The van der Waals surface area contributed by atoms with E-state index in [1.54, 1.807) is 12.1 Å². The number of halogens is 2. The summed E-state index contributed by atoms with van der Waals surface area (Å²) in [6, 6.07) is 2.97. The molecule has 2 fully saturated rings. The Hall–Kier alpha value is -1.36. The SMILES string of the molecule is O=C(Nc1ccc(Cl)nc1)N1CC(F)(C2CC2)C1. The standard InChI is InChI=1S/C12H13ClFN3O/c13-10-4-3-9(5-15-10)16-11(18)17-6-12(14,7-17)8-1-2-8/h3-5,8H,1-2,6-7H2,(H,16,18). The van der Waals surface area contributed by atoms with Gasteiger partial charge in [0.2, 0.25) is 0 Å². The molecule has 1 aliphatic heterocycles. The van der Waals surface area contributed by atoms with E-state index in [4.69, 9.17) is 11.6 Å². The summed E-state index contributed by atoms with van der Waals surface area (Å²) in [7, 11) is 0. The predicted octanol–water partition coefficient (Wildman–Crippen LogP) is 2.70. The summed E-state index contributed by atoms with van der Waals surface area (Å²) in [4.78, 5) is 17.1. The molecule has 1 aliphatic carbocycles. The molecule has 18 heavy (non-hydrogen) atoms. The van der Waals surface area contributed by atoms with Crippen molar-refractivity contribution in [1.82, 2.24) is 9.88 Å². The molecule has 1 saturated heterocycles. The van der Waals surface area contributed by atoms with Crippen molar-refractivity contribution in [3.05, 3.63) is 23.5 Å². The van der Waals surface area contributed by atoms with Gasteiger partial charge in [-0.05, 0) is 30.9 Å². The van der Waals surface area contributed by atoms with Gasteiger partial charge in [-0.15, -0.1) is 0 Å². The average molecular weight is 270 g/mol. The van der Waals surface area contributed by atoms with Crippen molar-refractivity contribution in [2.75, 3.05) is 18.4 Å². The van der Waals surface area contributed by atoms with Crippen molar-refractivity contribution in [3.63, 3.8) is 0 Å². The highest BCUT2D eigenvalue weighted by atomic mass is 35.5. The molecule has 0 radical (unpaired) electrons. The third-order valence-electron chi connectivity index (χ3n) is 3.48. The van der Waals surface area contributed by atoms with Crippen LogP contribution < -0.4 is 5.32 Å². The van der Waals surface area contributed by atoms with Crippen LogP contribution in [0.2, 0.25) is 5.15 Å². The van der Waals surface area contributed by atoms with Gasteiger partial charge in [0.15, 0.2) is 0 Å². The van der Waals surface area contributed by atoms with Crippen molar-refractivity contribution in [2.45, 2.75) is 18.5 Å². The van der Waals surface area contributed by atoms with Crippen LogP contribution >= 0.6 is 11.6 Å². The van der Waals surface area contributed by atoms with Crippen LogP contribution in [0.3, 0.4) is 0 Å².